The van der Waals surface area contributed by atoms with E-state index >= 15 is 0 Å². The first-order valence-electron chi connectivity index (χ1n) is 8.44. The number of benzene rings is 1. The quantitative estimate of drug-likeness (QED) is 0.409. The van der Waals surface area contributed by atoms with E-state index in [-0.39, 0.29) is 5.24 Å². The van der Waals surface area contributed by atoms with Gasteiger partial charge < -0.3 is 14.2 Å². The molecule has 0 bridgehead atoms. The van der Waals surface area contributed by atoms with Gasteiger partial charge in [0.1, 0.15) is 0 Å². The fourth-order valence-corrected chi connectivity index (χ4v) is 2.73. The number of ether oxygens (including phenoxy) is 3. The summed E-state index contributed by atoms with van der Waals surface area (Å²) >= 11 is 5.49. The van der Waals surface area contributed by atoms with E-state index in [0.29, 0.717) is 31.5 Å². The highest BCUT2D eigenvalue weighted by molar-refractivity contribution is 6.63. The molecule has 0 heterocycles. The summed E-state index contributed by atoms with van der Waals surface area (Å²) in [5.74, 6) is 2.37. The molecule has 0 radical (unpaired) electrons. The van der Waals surface area contributed by atoms with Crippen LogP contribution in [0, 0.1) is 11.8 Å². The summed E-state index contributed by atoms with van der Waals surface area (Å²) in [6.45, 7) is 5.61. The Labute approximate surface area is 150 Å². The maximum absolute atomic E-state index is 11.1. The average molecular weight is 357 g/mol. The Kier molecular flexibility index (Phi) is 9.80. The minimum Gasteiger partial charge on any atom is -0.493 e. The second-order valence-corrected chi connectivity index (χ2v) is 6.70. The third kappa shape index (κ3) is 7.54. The van der Waals surface area contributed by atoms with Crippen LogP contribution in [0.3, 0.4) is 0 Å². The Morgan fingerprint density at radius 3 is 2.50 bits per heavy atom. The van der Waals surface area contributed by atoms with Gasteiger partial charge in [0.05, 0.1) is 13.7 Å². The fraction of sp³-hybridized carbons (Fsp3) is 0.632. The first-order valence-corrected chi connectivity index (χ1v) is 8.82. The van der Waals surface area contributed by atoms with Crippen molar-refractivity contribution < 1.29 is 19.0 Å². The van der Waals surface area contributed by atoms with Gasteiger partial charge in [-0.15, -0.1) is 0 Å². The van der Waals surface area contributed by atoms with Crippen molar-refractivity contribution in [1.82, 2.24) is 0 Å². The minimum absolute atomic E-state index is 0.266. The lowest BCUT2D eigenvalue weighted by Gasteiger charge is -2.21. The molecule has 136 valence electrons. The zero-order chi connectivity index (χ0) is 17.9. The number of hydrogen-bond donors (Lipinski definition) is 0. The molecule has 1 aromatic rings. The molecule has 0 spiro atoms. The van der Waals surface area contributed by atoms with Crippen molar-refractivity contribution in [3.63, 3.8) is 0 Å². The van der Waals surface area contributed by atoms with Crippen molar-refractivity contribution in [2.75, 3.05) is 27.4 Å². The van der Waals surface area contributed by atoms with Gasteiger partial charge in [-0.25, -0.2) is 0 Å². The summed E-state index contributed by atoms with van der Waals surface area (Å²) in [4.78, 5) is 11.1. The van der Waals surface area contributed by atoms with Gasteiger partial charge in [-0.1, -0.05) is 19.9 Å². The number of hydrogen-bond acceptors (Lipinski definition) is 4. The average Bonchev–Trinajstić information content (AvgIpc) is 2.55. The molecule has 1 aromatic carbocycles. The Morgan fingerprint density at radius 1 is 1.17 bits per heavy atom. The molecule has 5 heteroatoms. The van der Waals surface area contributed by atoms with Gasteiger partial charge in [0.25, 0.3) is 0 Å². The van der Waals surface area contributed by atoms with Crippen LogP contribution in [-0.2, 0) is 16.0 Å². The molecule has 0 amide bonds. The van der Waals surface area contributed by atoms with Crippen molar-refractivity contribution in [2.45, 2.75) is 39.5 Å². The van der Waals surface area contributed by atoms with Crippen LogP contribution in [0.4, 0.5) is 0 Å². The van der Waals surface area contributed by atoms with E-state index in [4.69, 9.17) is 25.8 Å². The van der Waals surface area contributed by atoms with Gasteiger partial charge in [0, 0.05) is 26.6 Å². The van der Waals surface area contributed by atoms with Gasteiger partial charge in [0.2, 0.25) is 5.24 Å². The predicted octanol–water partition coefficient (Wildman–Crippen LogP) is 4.47. The van der Waals surface area contributed by atoms with Crippen LogP contribution < -0.4 is 9.47 Å². The summed E-state index contributed by atoms with van der Waals surface area (Å²) in [5, 5.41) is -0.266. The zero-order valence-electron chi connectivity index (χ0n) is 15.1. The topological polar surface area (TPSA) is 44.8 Å². The van der Waals surface area contributed by atoms with E-state index in [1.165, 1.54) is 5.56 Å². The first kappa shape index (κ1) is 20.8. The summed E-state index contributed by atoms with van der Waals surface area (Å²) in [7, 11) is 3.32. The summed E-state index contributed by atoms with van der Waals surface area (Å²) < 4.78 is 16.2. The maximum atomic E-state index is 11.1. The van der Waals surface area contributed by atoms with Crippen molar-refractivity contribution in [2.24, 2.45) is 11.8 Å². The van der Waals surface area contributed by atoms with E-state index < -0.39 is 0 Å². The van der Waals surface area contributed by atoms with Crippen LogP contribution >= 0.6 is 11.6 Å². The van der Waals surface area contributed by atoms with Crippen molar-refractivity contribution in [3.8, 4) is 11.5 Å². The Balaban J connectivity index is 2.76. The molecule has 1 rings (SSSR count). The van der Waals surface area contributed by atoms with E-state index in [2.05, 4.69) is 19.9 Å². The smallest absolute Gasteiger partial charge is 0.221 e. The summed E-state index contributed by atoms with van der Waals surface area (Å²) in [6, 6.07) is 6.02. The molecule has 0 saturated heterocycles. The highest BCUT2D eigenvalue weighted by atomic mass is 35.5. The standard InChI is InChI=1S/C19H29ClO4/c1-14(2)16(7-9-19(20)21)12-15-6-8-17(23-4)18(13-15)24-11-5-10-22-3/h6,8,13-14,16H,5,7,9-12H2,1-4H3/t16-/m1/s1. The number of halogens is 1. The number of methoxy groups -OCH3 is 2. The van der Waals surface area contributed by atoms with Crippen LogP contribution in [0.5, 0.6) is 11.5 Å². The normalized spacial score (nSPS) is 12.2. The molecule has 1 atom stereocenters. The van der Waals surface area contributed by atoms with Crippen molar-refractivity contribution in [3.05, 3.63) is 23.8 Å². The fourth-order valence-electron chi connectivity index (χ4n) is 2.62. The molecule has 0 unspecified atom stereocenters. The largest absolute Gasteiger partial charge is 0.493 e. The zero-order valence-corrected chi connectivity index (χ0v) is 15.9. The van der Waals surface area contributed by atoms with Crippen LogP contribution in [0.1, 0.15) is 38.7 Å². The second-order valence-electron chi connectivity index (χ2n) is 6.28. The Bertz CT molecular complexity index is 502. The lowest BCUT2D eigenvalue weighted by molar-refractivity contribution is -0.112. The molecule has 0 aliphatic rings. The Hall–Kier alpha value is -1.26. The lowest BCUT2D eigenvalue weighted by atomic mass is 9.85. The molecule has 0 aliphatic carbocycles. The maximum Gasteiger partial charge on any atom is 0.221 e. The van der Waals surface area contributed by atoms with E-state index in [1.807, 2.05) is 12.1 Å². The summed E-state index contributed by atoms with van der Waals surface area (Å²) in [5.41, 5.74) is 1.18. The van der Waals surface area contributed by atoms with Gasteiger partial charge in [0.15, 0.2) is 11.5 Å². The Morgan fingerprint density at radius 2 is 1.92 bits per heavy atom. The number of carbonyl (C=O) groups excluding carboxylic acids is 1. The predicted molar refractivity (Wildman–Crippen MR) is 97.1 cm³/mol. The van der Waals surface area contributed by atoms with Crippen LogP contribution in [-0.4, -0.2) is 32.7 Å². The molecule has 0 aliphatic heterocycles. The van der Waals surface area contributed by atoms with Gasteiger partial charge in [-0.05, 0) is 54.0 Å². The monoisotopic (exact) mass is 356 g/mol. The van der Waals surface area contributed by atoms with Crippen molar-refractivity contribution >= 4 is 16.8 Å². The van der Waals surface area contributed by atoms with Crippen LogP contribution in [0.2, 0.25) is 0 Å². The van der Waals surface area contributed by atoms with E-state index in [0.717, 1.165) is 30.8 Å². The minimum atomic E-state index is -0.266. The molecule has 4 nitrogen and oxygen atoms in total. The highest BCUT2D eigenvalue weighted by Gasteiger charge is 2.16. The molecule has 24 heavy (non-hydrogen) atoms. The summed E-state index contributed by atoms with van der Waals surface area (Å²) in [6.07, 6.45) is 2.94. The first-order chi connectivity index (χ1) is 11.5. The number of carbonyl (C=O) groups is 1. The molecule has 0 saturated carbocycles. The SMILES string of the molecule is COCCCOc1cc(C[C@@H](CCC(=O)Cl)C(C)C)ccc1OC. The molecule has 0 aromatic heterocycles. The van der Waals surface area contributed by atoms with Gasteiger partial charge in [-0.2, -0.15) is 0 Å². The number of rotatable bonds is 12. The second kappa shape index (κ2) is 11.3. The molecular formula is C19H29ClO4. The highest BCUT2D eigenvalue weighted by Crippen LogP contribution is 2.31. The van der Waals surface area contributed by atoms with E-state index in [9.17, 15) is 4.79 Å². The van der Waals surface area contributed by atoms with Gasteiger partial charge >= 0.3 is 0 Å². The van der Waals surface area contributed by atoms with Crippen LogP contribution in [0.15, 0.2) is 18.2 Å². The third-order valence-corrected chi connectivity index (χ3v) is 4.32. The van der Waals surface area contributed by atoms with Gasteiger partial charge in [-0.3, -0.25) is 4.79 Å². The van der Waals surface area contributed by atoms with Crippen LogP contribution in [0.25, 0.3) is 0 Å². The van der Waals surface area contributed by atoms with E-state index in [1.54, 1.807) is 14.2 Å². The lowest BCUT2D eigenvalue weighted by Crippen LogP contribution is -2.13. The molecule has 0 fully saturated rings. The third-order valence-electron chi connectivity index (χ3n) is 4.13. The van der Waals surface area contributed by atoms with Crippen molar-refractivity contribution in [1.29, 1.82) is 0 Å². The molecular weight excluding hydrogens is 328 g/mol. The molecule has 0 N–H and O–H groups in total.